The fourth-order valence-electron chi connectivity index (χ4n) is 1.82. The van der Waals surface area contributed by atoms with E-state index in [1.165, 1.54) is 0 Å². The molecule has 0 amide bonds. The van der Waals surface area contributed by atoms with Crippen molar-refractivity contribution in [1.82, 2.24) is 4.98 Å². The summed E-state index contributed by atoms with van der Waals surface area (Å²) in [5.41, 5.74) is 2.95. The zero-order valence-corrected chi connectivity index (χ0v) is 10.0. The van der Waals surface area contributed by atoms with Gasteiger partial charge < -0.3 is 10.4 Å². The van der Waals surface area contributed by atoms with Gasteiger partial charge >= 0.3 is 0 Å². The van der Waals surface area contributed by atoms with Crippen LogP contribution in [-0.2, 0) is 0 Å². The first-order chi connectivity index (χ1) is 8.16. The number of anilines is 1. The second kappa shape index (κ2) is 4.87. The Labute approximate surface area is 101 Å². The highest BCUT2D eigenvalue weighted by Gasteiger charge is 2.09. The highest BCUT2D eigenvalue weighted by atomic mass is 16.3. The normalized spacial score (nSPS) is 12.1. The van der Waals surface area contributed by atoms with Gasteiger partial charge in [-0.05, 0) is 31.5 Å². The molecule has 2 N–H and O–H groups in total. The summed E-state index contributed by atoms with van der Waals surface area (Å²) in [5.74, 6) is 0.313. The Morgan fingerprint density at radius 2 is 2.00 bits per heavy atom. The maximum Gasteiger partial charge on any atom is 0.120 e. The minimum Gasteiger partial charge on any atom is -0.508 e. The predicted octanol–water partition coefficient (Wildman–Crippen LogP) is 3.27. The Bertz CT molecular complexity index is 511. The van der Waals surface area contributed by atoms with Crippen LogP contribution in [0, 0.1) is 6.92 Å². The predicted molar refractivity (Wildman–Crippen MR) is 69.1 cm³/mol. The first-order valence-corrected chi connectivity index (χ1v) is 5.63. The molecule has 0 bridgehead atoms. The molecular formula is C14H16N2O. The van der Waals surface area contributed by atoms with E-state index in [9.17, 15) is 5.11 Å². The van der Waals surface area contributed by atoms with E-state index in [-0.39, 0.29) is 6.04 Å². The molecule has 0 aliphatic heterocycles. The summed E-state index contributed by atoms with van der Waals surface area (Å²) in [6, 6.07) is 9.42. The Morgan fingerprint density at radius 1 is 1.24 bits per heavy atom. The number of aromatic hydroxyl groups is 1. The summed E-state index contributed by atoms with van der Waals surface area (Å²) in [6.45, 7) is 4.01. The molecule has 2 aromatic rings. The number of pyridine rings is 1. The zero-order chi connectivity index (χ0) is 12.3. The molecule has 0 saturated carbocycles. The fourth-order valence-corrected chi connectivity index (χ4v) is 1.82. The minimum absolute atomic E-state index is 0.0415. The molecule has 0 aliphatic carbocycles. The summed E-state index contributed by atoms with van der Waals surface area (Å²) in [7, 11) is 0. The van der Waals surface area contributed by atoms with Crippen LogP contribution < -0.4 is 5.32 Å². The third-order valence-electron chi connectivity index (χ3n) is 2.66. The molecule has 0 spiro atoms. The Hall–Kier alpha value is -2.03. The van der Waals surface area contributed by atoms with E-state index < -0.39 is 0 Å². The van der Waals surface area contributed by atoms with Crippen LogP contribution in [0.5, 0.6) is 5.75 Å². The first-order valence-electron chi connectivity index (χ1n) is 5.63. The van der Waals surface area contributed by atoms with Crippen molar-refractivity contribution in [2.45, 2.75) is 19.9 Å². The number of phenolic OH excluding ortho intramolecular Hbond substituents is 1. The largest absolute Gasteiger partial charge is 0.508 e. The van der Waals surface area contributed by atoms with Crippen molar-refractivity contribution in [3.63, 3.8) is 0 Å². The van der Waals surface area contributed by atoms with Gasteiger partial charge in [0, 0.05) is 18.0 Å². The molecule has 88 valence electrons. The lowest BCUT2D eigenvalue weighted by molar-refractivity contribution is 0.465. The number of nitrogens with one attached hydrogen (secondary N) is 1. The summed E-state index contributed by atoms with van der Waals surface area (Å²) >= 11 is 0. The summed E-state index contributed by atoms with van der Waals surface area (Å²) in [4.78, 5) is 4.13. The van der Waals surface area contributed by atoms with E-state index in [0.717, 1.165) is 16.8 Å². The number of nitrogens with zero attached hydrogens (tertiary/aromatic N) is 1. The van der Waals surface area contributed by atoms with Crippen LogP contribution in [0.15, 0.2) is 42.7 Å². The lowest BCUT2D eigenvalue weighted by Crippen LogP contribution is -2.07. The molecule has 3 nitrogen and oxygen atoms in total. The van der Waals surface area contributed by atoms with Crippen molar-refractivity contribution in [2.75, 3.05) is 5.32 Å². The number of phenols is 1. The molecule has 1 atom stereocenters. The van der Waals surface area contributed by atoms with E-state index in [4.69, 9.17) is 0 Å². The number of hydrogen-bond donors (Lipinski definition) is 2. The van der Waals surface area contributed by atoms with E-state index in [2.05, 4.69) is 10.3 Å². The third kappa shape index (κ3) is 2.75. The molecule has 1 aromatic heterocycles. The van der Waals surface area contributed by atoms with Crippen molar-refractivity contribution >= 4 is 5.69 Å². The van der Waals surface area contributed by atoms with Gasteiger partial charge in [0.1, 0.15) is 5.75 Å². The van der Waals surface area contributed by atoms with Crippen LogP contribution in [0.2, 0.25) is 0 Å². The van der Waals surface area contributed by atoms with Gasteiger partial charge in [0.2, 0.25) is 0 Å². The number of hydrogen-bond acceptors (Lipinski definition) is 3. The van der Waals surface area contributed by atoms with Crippen LogP contribution in [0.25, 0.3) is 0 Å². The Morgan fingerprint density at radius 3 is 2.71 bits per heavy atom. The molecule has 0 fully saturated rings. The number of para-hydroxylation sites is 1. The van der Waals surface area contributed by atoms with E-state index in [1.54, 1.807) is 12.3 Å². The maximum atomic E-state index is 9.76. The maximum absolute atomic E-state index is 9.76. The van der Waals surface area contributed by atoms with Gasteiger partial charge in [0.15, 0.2) is 0 Å². The number of aryl methyl sites for hydroxylation is 1. The lowest BCUT2D eigenvalue weighted by atomic mass is 10.1. The Balaban J connectivity index is 2.17. The van der Waals surface area contributed by atoms with Gasteiger partial charge in [-0.1, -0.05) is 18.2 Å². The molecule has 0 aliphatic rings. The molecule has 3 heteroatoms. The van der Waals surface area contributed by atoms with Crippen LogP contribution in [-0.4, -0.2) is 10.1 Å². The monoisotopic (exact) mass is 228 g/mol. The zero-order valence-electron chi connectivity index (χ0n) is 10.0. The average molecular weight is 228 g/mol. The van der Waals surface area contributed by atoms with Crippen molar-refractivity contribution in [3.8, 4) is 5.75 Å². The first kappa shape index (κ1) is 11.5. The second-order valence-electron chi connectivity index (χ2n) is 4.18. The van der Waals surface area contributed by atoms with Crippen molar-refractivity contribution in [3.05, 3.63) is 53.9 Å². The molecule has 17 heavy (non-hydrogen) atoms. The van der Waals surface area contributed by atoms with Gasteiger partial charge in [-0.15, -0.1) is 0 Å². The molecule has 0 saturated heterocycles. The molecule has 0 radical (unpaired) electrons. The van der Waals surface area contributed by atoms with Crippen LogP contribution in [0.1, 0.15) is 24.1 Å². The van der Waals surface area contributed by atoms with Gasteiger partial charge in [0.25, 0.3) is 0 Å². The minimum atomic E-state index is 0.0415. The Kier molecular flexibility index (Phi) is 3.28. The number of rotatable bonds is 3. The molecule has 1 unspecified atom stereocenters. The lowest BCUT2D eigenvalue weighted by Gasteiger charge is -2.16. The fraction of sp³-hybridized carbons (Fsp3) is 0.214. The number of aromatic nitrogens is 1. The summed E-state index contributed by atoms with van der Waals surface area (Å²) < 4.78 is 0. The molecule has 2 rings (SSSR count). The second-order valence-corrected chi connectivity index (χ2v) is 4.18. The van der Waals surface area contributed by atoms with Crippen LogP contribution in [0.3, 0.4) is 0 Å². The summed E-state index contributed by atoms with van der Waals surface area (Å²) in [6.07, 6.45) is 3.60. The van der Waals surface area contributed by atoms with Crippen molar-refractivity contribution in [1.29, 1.82) is 0 Å². The van der Waals surface area contributed by atoms with Crippen LogP contribution in [0.4, 0.5) is 5.69 Å². The highest BCUT2D eigenvalue weighted by Crippen LogP contribution is 2.26. The van der Waals surface area contributed by atoms with Crippen molar-refractivity contribution in [2.24, 2.45) is 0 Å². The van der Waals surface area contributed by atoms with Crippen LogP contribution >= 0.6 is 0 Å². The summed E-state index contributed by atoms with van der Waals surface area (Å²) in [5, 5.41) is 13.1. The average Bonchev–Trinajstić information content (AvgIpc) is 2.29. The van der Waals surface area contributed by atoms with Gasteiger partial charge in [0.05, 0.1) is 11.7 Å². The van der Waals surface area contributed by atoms with Crippen molar-refractivity contribution < 1.29 is 5.11 Å². The van der Waals surface area contributed by atoms with E-state index >= 15 is 0 Å². The van der Waals surface area contributed by atoms with E-state index in [0.29, 0.717) is 5.75 Å². The number of benzene rings is 1. The molecule has 1 aromatic carbocycles. The molecular weight excluding hydrogens is 212 g/mol. The van der Waals surface area contributed by atoms with E-state index in [1.807, 2.05) is 44.3 Å². The highest BCUT2D eigenvalue weighted by molar-refractivity contribution is 5.46. The van der Waals surface area contributed by atoms with Gasteiger partial charge in [-0.25, -0.2) is 0 Å². The smallest absolute Gasteiger partial charge is 0.120 e. The SMILES string of the molecule is Cc1cncc(NC(C)c2ccccc2O)c1. The van der Waals surface area contributed by atoms with Gasteiger partial charge in [-0.2, -0.15) is 0 Å². The quantitative estimate of drug-likeness (QED) is 0.847. The topological polar surface area (TPSA) is 45.2 Å². The van der Waals surface area contributed by atoms with Gasteiger partial charge in [-0.3, -0.25) is 4.98 Å². The standard InChI is InChI=1S/C14H16N2O/c1-10-7-12(9-15-8-10)16-11(2)13-5-3-4-6-14(13)17/h3-9,11,16-17H,1-2H3. The third-order valence-corrected chi connectivity index (χ3v) is 2.66. The molecule has 1 heterocycles.